The van der Waals surface area contributed by atoms with Gasteiger partial charge in [0.15, 0.2) is 5.13 Å². The Morgan fingerprint density at radius 1 is 1.17 bits per heavy atom. The van der Waals surface area contributed by atoms with Gasteiger partial charge >= 0.3 is 0 Å². The molecule has 0 saturated heterocycles. The highest BCUT2D eigenvalue weighted by Crippen LogP contribution is 2.24. The number of carbonyl (C=O) groups excluding carboxylic acids is 1. The summed E-state index contributed by atoms with van der Waals surface area (Å²) in [5, 5.41) is 4.78. The van der Waals surface area contributed by atoms with E-state index in [1.807, 2.05) is 12.1 Å². The van der Waals surface area contributed by atoms with Gasteiger partial charge in [-0.2, -0.15) is 0 Å². The van der Waals surface area contributed by atoms with E-state index in [9.17, 15) is 13.2 Å². The molecule has 0 fully saturated rings. The zero-order valence-corrected chi connectivity index (χ0v) is 19.2. The zero-order valence-electron chi connectivity index (χ0n) is 15.9. The Kier molecular flexibility index (Phi) is 9.12. The molecule has 0 saturated carbocycles. The number of thioether (sulfide) groups is 1. The fraction of sp³-hybridized carbons (Fsp3) is 0.158. The fourth-order valence-corrected chi connectivity index (χ4v) is 5.13. The van der Waals surface area contributed by atoms with Gasteiger partial charge in [-0.25, -0.2) is 13.4 Å². The molecule has 160 valence electrons. The summed E-state index contributed by atoms with van der Waals surface area (Å²) in [6.45, 7) is 0.589. The van der Waals surface area contributed by atoms with Crippen molar-refractivity contribution in [1.82, 2.24) is 4.98 Å². The molecule has 11 heteroatoms. The van der Waals surface area contributed by atoms with Crippen LogP contribution in [0.4, 0.5) is 10.8 Å². The Morgan fingerprint density at radius 2 is 1.90 bits per heavy atom. The minimum Gasteiger partial charge on any atom is -0.384 e. The van der Waals surface area contributed by atoms with Crippen LogP contribution in [0.3, 0.4) is 0 Å². The Labute approximate surface area is 189 Å². The van der Waals surface area contributed by atoms with E-state index < -0.39 is 10.0 Å². The van der Waals surface area contributed by atoms with Crippen LogP contribution in [0.1, 0.15) is 10.4 Å². The number of methoxy groups -OCH3 is 1. The van der Waals surface area contributed by atoms with E-state index in [0.717, 1.165) is 10.6 Å². The third kappa shape index (κ3) is 6.44. The molecule has 0 aliphatic heterocycles. The second-order valence-corrected chi connectivity index (χ2v) is 9.47. The number of rotatable bonds is 9. The molecular weight excluding hydrogens is 466 g/mol. The summed E-state index contributed by atoms with van der Waals surface area (Å²) in [6.07, 6.45) is 1.52. The number of anilines is 2. The van der Waals surface area contributed by atoms with Crippen molar-refractivity contribution in [3.63, 3.8) is 0 Å². The lowest BCUT2D eigenvalue weighted by Gasteiger charge is -2.11. The number of nitrogens with one attached hydrogen (secondary N) is 2. The van der Waals surface area contributed by atoms with Crippen molar-refractivity contribution >= 4 is 62.3 Å². The van der Waals surface area contributed by atoms with Gasteiger partial charge < -0.3 is 10.1 Å². The molecule has 1 amide bonds. The highest BCUT2D eigenvalue weighted by molar-refractivity contribution is 7.99. The molecule has 0 bridgehead atoms. The molecular formula is C19H20ClN3O4S3. The first kappa shape index (κ1) is 24.2. The maximum atomic E-state index is 12.7. The lowest BCUT2D eigenvalue weighted by molar-refractivity contribution is 0.102. The van der Waals surface area contributed by atoms with Gasteiger partial charge in [0.05, 0.1) is 17.1 Å². The second kappa shape index (κ2) is 11.3. The Balaban J connectivity index is 0.00000320. The van der Waals surface area contributed by atoms with Crippen LogP contribution in [0.25, 0.3) is 0 Å². The van der Waals surface area contributed by atoms with Crippen molar-refractivity contribution < 1.29 is 17.9 Å². The number of carbonyl (C=O) groups is 1. The van der Waals surface area contributed by atoms with Crippen LogP contribution in [-0.2, 0) is 14.8 Å². The standard InChI is InChI=1S/C19H19N3O4S3.ClH/c1-26-11-13-27-17-5-3-2-4-16(17)18(23)21-14-6-8-15(9-7-14)29(24,25)22-19-20-10-12-28-19;/h2-10,12H,11,13H2,1H3,(H,20,22)(H,21,23);1H. The first-order valence-corrected chi connectivity index (χ1v) is 11.9. The first-order valence-electron chi connectivity index (χ1n) is 8.54. The molecule has 1 aromatic heterocycles. The second-order valence-electron chi connectivity index (χ2n) is 5.76. The molecule has 2 N–H and O–H groups in total. The number of sulfonamides is 1. The highest BCUT2D eigenvalue weighted by Gasteiger charge is 2.16. The molecule has 0 aliphatic carbocycles. The number of nitrogens with zero attached hydrogens (tertiary/aromatic N) is 1. The van der Waals surface area contributed by atoms with Crippen molar-refractivity contribution in [3.8, 4) is 0 Å². The Morgan fingerprint density at radius 3 is 2.57 bits per heavy atom. The number of thiazole rings is 1. The Hall–Kier alpha value is -2.11. The molecule has 2 aromatic carbocycles. The number of hydrogen-bond donors (Lipinski definition) is 2. The fourth-order valence-electron chi connectivity index (χ4n) is 2.38. The number of benzene rings is 2. The van der Waals surface area contributed by atoms with Crippen LogP contribution in [0.5, 0.6) is 0 Å². The average molecular weight is 486 g/mol. The predicted molar refractivity (Wildman–Crippen MR) is 124 cm³/mol. The molecule has 0 aliphatic rings. The molecule has 0 atom stereocenters. The van der Waals surface area contributed by atoms with Gasteiger partial charge in [0.1, 0.15) is 0 Å². The predicted octanol–water partition coefficient (Wildman–Crippen LogP) is 4.36. The van der Waals surface area contributed by atoms with Crippen LogP contribution < -0.4 is 10.0 Å². The van der Waals surface area contributed by atoms with Gasteiger partial charge in [-0.3, -0.25) is 9.52 Å². The summed E-state index contributed by atoms with van der Waals surface area (Å²) in [4.78, 5) is 17.5. The molecule has 0 unspecified atom stereocenters. The first-order chi connectivity index (χ1) is 14.0. The molecule has 3 aromatic rings. The number of hydrogen-bond acceptors (Lipinski definition) is 7. The van der Waals surface area contributed by atoms with Crippen molar-refractivity contribution in [2.75, 3.05) is 29.5 Å². The minimum atomic E-state index is -3.73. The van der Waals surface area contributed by atoms with Crippen molar-refractivity contribution in [1.29, 1.82) is 0 Å². The number of aromatic nitrogens is 1. The van der Waals surface area contributed by atoms with E-state index in [2.05, 4.69) is 15.0 Å². The van der Waals surface area contributed by atoms with E-state index in [0.29, 0.717) is 23.0 Å². The lowest BCUT2D eigenvalue weighted by atomic mass is 10.2. The zero-order chi connectivity index (χ0) is 20.7. The summed E-state index contributed by atoms with van der Waals surface area (Å²) < 4.78 is 32.2. The average Bonchev–Trinajstić information content (AvgIpc) is 3.21. The van der Waals surface area contributed by atoms with E-state index >= 15 is 0 Å². The van der Waals surface area contributed by atoms with Crippen molar-refractivity contribution in [2.24, 2.45) is 0 Å². The third-order valence-electron chi connectivity index (χ3n) is 3.75. The quantitative estimate of drug-likeness (QED) is 0.345. The number of halogens is 1. The van der Waals surface area contributed by atoms with Crippen molar-refractivity contribution in [2.45, 2.75) is 9.79 Å². The van der Waals surface area contributed by atoms with Crippen LogP contribution in [0, 0.1) is 0 Å². The highest BCUT2D eigenvalue weighted by atomic mass is 35.5. The SMILES string of the molecule is COCCSc1ccccc1C(=O)Nc1ccc(S(=O)(=O)Nc2nccs2)cc1.Cl. The lowest BCUT2D eigenvalue weighted by Crippen LogP contribution is -2.14. The third-order valence-corrected chi connectivity index (χ3v) is 6.96. The van der Waals surface area contributed by atoms with Gasteiger partial charge in [-0.15, -0.1) is 35.5 Å². The maximum absolute atomic E-state index is 12.7. The Bertz CT molecular complexity index is 1060. The smallest absolute Gasteiger partial charge is 0.263 e. The summed E-state index contributed by atoms with van der Waals surface area (Å²) in [5.74, 6) is 0.474. The molecule has 1 heterocycles. The summed E-state index contributed by atoms with van der Waals surface area (Å²) in [7, 11) is -2.10. The number of ether oxygens (including phenoxy) is 1. The largest absolute Gasteiger partial charge is 0.384 e. The van der Waals surface area contributed by atoms with Crippen LogP contribution >= 0.6 is 35.5 Å². The number of amides is 1. The van der Waals surface area contributed by atoms with E-state index in [1.165, 1.54) is 41.4 Å². The van der Waals surface area contributed by atoms with Gasteiger partial charge in [0.25, 0.3) is 15.9 Å². The topological polar surface area (TPSA) is 97.4 Å². The van der Waals surface area contributed by atoms with Crippen LogP contribution in [0.15, 0.2) is 69.9 Å². The van der Waals surface area contributed by atoms with E-state index in [4.69, 9.17) is 4.74 Å². The van der Waals surface area contributed by atoms with Gasteiger partial charge in [0.2, 0.25) is 0 Å². The summed E-state index contributed by atoms with van der Waals surface area (Å²) in [6, 6.07) is 13.3. The maximum Gasteiger partial charge on any atom is 0.263 e. The molecule has 30 heavy (non-hydrogen) atoms. The van der Waals surface area contributed by atoms with Gasteiger partial charge in [-0.1, -0.05) is 12.1 Å². The van der Waals surface area contributed by atoms with E-state index in [-0.39, 0.29) is 23.2 Å². The van der Waals surface area contributed by atoms with Crippen LogP contribution in [-0.4, -0.2) is 38.8 Å². The van der Waals surface area contributed by atoms with E-state index in [1.54, 1.807) is 36.8 Å². The monoisotopic (exact) mass is 485 g/mol. The summed E-state index contributed by atoms with van der Waals surface area (Å²) >= 11 is 2.73. The molecule has 0 spiro atoms. The normalized spacial score (nSPS) is 10.8. The molecule has 0 radical (unpaired) electrons. The molecule has 3 rings (SSSR count). The minimum absolute atomic E-state index is 0. The van der Waals surface area contributed by atoms with Crippen molar-refractivity contribution in [3.05, 3.63) is 65.7 Å². The van der Waals surface area contributed by atoms with Gasteiger partial charge in [0, 0.05) is 35.0 Å². The summed E-state index contributed by atoms with van der Waals surface area (Å²) in [5.41, 5.74) is 1.05. The molecule has 7 nitrogen and oxygen atoms in total. The van der Waals surface area contributed by atoms with Gasteiger partial charge in [-0.05, 0) is 36.4 Å². The van der Waals surface area contributed by atoms with Crippen LogP contribution in [0.2, 0.25) is 0 Å².